The fourth-order valence-corrected chi connectivity index (χ4v) is 11.0. The summed E-state index contributed by atoms with van der Waals surface area (Å²) in [5.74, 6) is 0. The zero-order chi connectivity index (χ0) is 42.4. The quantitative estimate of drug-likeness (QED) is 0.138. The van der Waals surface area contributed by atoms with E-state index in [9.17, 15) is 0 Å². The first-order chi connectivity index (χ1) is 31.8. The molecule has 0 bridgehead atoms. The van der Waals surface area contributed by atoms with E-state index in [0.29, 0.717) is 0 Å². The molecule has 0 aliphatic heterocycles. The summed E-state index contributed by atoms with van der Waals surface area (Å²) in [6.45, 7) is 0. The summed E-state index contributed by atoms with van der Waals surface area (Å²) < 4.78 is 2.63. The standard InChI is InChI=1S/C62H41NS/c1-5-19-42(20-6-1)49-30-17-31-50(43-21-7-2-8-22-43)61(49)63(47-37-35-44(36-38-47)51-32-18-33-56-54-28-15-16-34-58(54)64-62(51)56)48-39-40-53-52-27-13-14-29-55(52)59(45-23-9-3-10-24-45)60(57(53)41-48)46-25-11-4-12-26-46/h1-41H. The lowest BCUT2D eigenvalue weighted by molar-refractivity contribution is 1.29. The fraction of sp³-hybridized carbons (Fsp3) is 0. The van der Waals surface area contributed by atoms with Crippen molar-refractivity contribution in [2.45, 2.75) is 0 Å². The van der Waals surface area contributed by atoms with E-state index in [0.717, 1.165) is 39.3 Å². The average Bonchev–Trinajstić information content (AvgIpc) is 3.76. The Labute approximate surface area is 377 Å². The molecule has 0 amide bonds. The molecule has 12 aromatic rings. The van der Waals surface area contributed by atoms with Crippen LogP contribution in [-0.2, 0) is 0 Å². The van der Waals surface area contributed by atoms with Crippen LogP contribution in [-0.4, -0.2) is 0 Å². The number of hydrogen-bond donors (Lipinski definition) is 0. The van der Waals surface area contributed by atoms with Gasteiger partial charge in [0.2, 0.25) is 0 Å². The number of rotatable bonds is 8. The SMILES string of the molecule is c1ccc(-c2cccc(-c3ccccc3)c2N(c2ccc(-c3cccc4c3sc3ccccc34)cc2)c2ccc3c(c2)c(-c2ccccc2)c(-c2ccccc2)c2ccccc23)cc1. The van der Waals surface area contributed by atoms with Crippen LogP contribution in [0.4, 0.5) is 17.1 Å². The Morgan fingerprint density at radius 1 is 0.266 bits per heavy atom. The summed E-state index contributed by atoms with van der Waals surface area (Å²) >= 11 is 1.88. The van der Waals surface area contributed by atoms with E-state index in [4.69, 9.17) is 0 Å². The van der Waals surface area contributed by atoms with E-state index < -0.39 is 0 Å². The maximum Gasteiger partial charge on any atom is 0.0618 e. The van der Waals surface area contributed by atoms with Crippen molar-refractivity contribution in [1.82, 2.24) is 0 Å². The second kappa shape index (κ2) is 16.0. The van der Waals surface area contributed by atoms with Gasteiger partial charge in [-0.15, -0.1) is 11.3 Å². The van der Waals surface area contributed by atoms with E-state index in [1.807, 2.05) is 11.3 Å². The zero-order valence-corrected chi connectivity index (χ0v) is 35.8. The molecular formula is C62H41NS. The van der Waals surface area contributed by atoms with Gasteiger partial charge in [0.1, 0.15) is 0 Å². The Bertz CT molecular complexity index is 3570. The van der Waals surface area contributed by atoms with Crippen LogP contribution in [0.15, 0.2) is 249 Å². The number of para-hydroxylation sites is 1. The maximum atomic E-state index is 2.50. The normalized spacial score (nSPS) is 11.4. The minimum atomic E-state index is 1.08. The molecule has 12 rings (SSSR count). The number of thiophene rings is 1. The van der Waals surface area contributed by atoms with Crippen molar-refractivity contribution in [1.29, 1.82) is 0 Å². The molecule has 0 spiro atoms. The molecule has 0 aliphatic rings. The van der Waals surface area contributed by atoms with E-state index in [1.165, 1.54) is 75.1 Å². The first-order valence-electron chi connectivity index (χ1n) is 21.9. The number of fused-ring (bicyclic) bond motifs is 6. The van der Waals surface area contributed by atoms with Crippen molar-refractivity contribution in [3.63, 3.8) is 0 Å². The van der Waals surface area contributed by atoms with E-state index in [-0.39, 0.29) is 0 Å². The van der Waals surface area contributed by atoms with Crippen LogP contribution >= 0.6 is 11.3 Å². The van der Waals surface area contributed by atoms with Crippen LogP contribution in [0.25, 0.3) is 97.4 Å². The highest BCUT2D eigenvalue weighted by atomic mass is 32.1. The molecule has 1 heterocycles. The largest absolute Gasteiger partial charge is 0.309 e. The Morgan fingerprint density at radius 3 is 1.33 bits per heavy atom. The van der Waals surface area contributed by atoms with Crippen molar-refractivity contribution in [3.8, 4) is 55.6 Å². The molecule has 0 radical (unpaired) electrons. The summed E-state index contributed by atoms with van der Waals surface area (Å²) in [5.41, 5.74) is 15.3. The van der Waals surface area contributed by atoms with Crippen molar-refractivity contribution >= 4 is 70.1 Å². The topological polar surface area (TPSA) is 3.24 Å². The smallest absolute Gasteiger partial charge is 0.0618 e. The van der Waals surface area contributed by atoms with Gasteiger partial charge in [0.25, 0.3) is 0 Å². The predicted molar refractivity (Wildman–Crippen MR) is 276 cm³/mol. The van der Waals surface area contributed by atoms with Crippen LogP contribution in [0, 0.1) is 0 Å². The van der Waals surface area contributed by atoms with Crippen molar-refractivity contribution in [3.05, 3.63) is 249 Å². The molecule has 11 aromatic carbocycles. The Morgan fingerprint density at radius 2 is 0.703 bits per heavy atom. The lowest BCUT2D eigenvalue weighted by atomic mass is 9.84. The van der Waals surface area contributed by atoms with Gasteiger partial charge in [-0.2, -0.15) is 0 Å². The van der Waals surface area contributed by atoms with Gasteiger partial charge in [0.15, 0.2) is 0 Å². The van der Waals surface area contributed by atoms with Gasteiger partial charge in [-0.05, 0) is 96.4 Å². The Hall–Kier alpha value is -8.04. The van der Waals surface area contributed by atoms with Crippen LogP contribution in [0.1, 0.15) is 0 Å². The maximum absolute atomic E-state index is 2.50. The molecule has 1 nitrogen and oxygen atoms in total. The number of nitrogens with zero attached hydrogens (tertiary/aromatic N) is 1. The van der Waals surface area contributed by atoms with Gasteiger partial charge in [-0.25, -0.2) is 0 Å². The third kappa shape index (κ3) is 6.47. The summed E-state index contributed by atoms with van der Waals surface area (Å²) in [4.78, 5) is 2.50. The molecule has 0 saturated carbocycles. The average molecular weight is 832 g/mol. The number of hydrogen-bond acceptors (Lipinski definition) is 2. The highest BCUT2D eigenvalue weighted by Crippen LogP contribution is 2.50. The molecule has 0 atom stereocenters. The molecule has 0 saturated heterocycles. The molecule has 0 N–H and O–H groups in total. The fourth-order valence-electron chi connectivity index (χ4n) is 9.79. The zero-order valence-electron chi connectivity index (χ0n) is 35.0. The summed E-state index contributed by atoms with van der Waals surface area (Å²) in [5, 5.41) is 7.54. The molecule has 300 valence electrons. The minimum absolute atomic E-state index is 1.08. The second-order valence-electron chi connectivity index (χ2n) is 16.4. The second-order valence-corrected chi connectivity index (χ2v) is 17.4. The van der Waals surface area contributed by atoms with Gasteiger partial charge >= 0.3 is 0 Å². The minimum Gasteiger partial charge on any atom is -0.309 e. The number of benzene rings is 11. The monoisotopic (exact) mass is 831 g/mol. The van der Waals surface area contributed by atoms with Gasteiger partial charge < -0.3 is 4.90 Å². The molecule has 0 aliphatic carbocycles. The number of anilines is 3. The Balaban J connectivity index is 1.15. The van der Waals surface area contributed by atoms with Crippen LogP contribution in [0.3, 0.4) is 0 Å². The van der Waals surface area contributed by atoms with Crippen molar-refractivity contribution < 1.29 is 0 Å². The summed E-state index contributed by atoms with van der Waals surface area (Å²) in [6, 6.07) is 91.0. The molecular weight excluding hydrogens is 791 g/mol. The van der Waals surface area contributed by atoms with Crippen LogP contribution in [0.5, 0.6) is 0 Å². The van der Waals surface area contributed by atoms with Crippen molar-refractivity contribution in [2.24, 2.45) is 0 Å². The molecule has 1 aromatic heterocycles. The lowest BCUT2D eigenvalue weighted by Gasteiger charge is -2.31. The van der Waals surface area contributed by atoms with Gasteiger partial charge in [0, 0.05) is 42.7 Å². The molecule has 2 heteroatoms. The van der Waals surface area contributed by atoms with E-state index in [2.05, 4.69) is 254 Å². The van der Waals surface area contributed by atoms with Gasteiger partial charge in [0.05, 0.1) is 5.69 Å². The molecule has 64 heavy (non-hydrogen) atoms. The molecule has 0 unspecified atom stereocenters. The lowest BCUT2D eigenvalue weighted by Crippen LogP contribution is -2.13. The summed E-state index contributed by atoms with van der Waals surface area (Å²) in [7, 11) is 0. The van der Waals surface area contributed by atoms with E-state index >= 15 is 0 Å². The Kier molecular flexibility index (Phi) is 9.43. The predicted octanol–water partition coefficient (Wildman–Crippen LogP) is 18.2. The van der Waals surface area contributed by atoms with Crippen LogP contribution in [0.2, 0.25) is 0 Å². The highest BCUT2D eigenvalue weighted by Gasteiger charge is 2.25. The molecule has 0 fully saturated rings. The third-order valence-corrected chi connectivity index (χ3v) is 13.9. The first kappa shape index (κ1) is 37.7. The van der Waals surface area contributed by atoms with Crippen molar-refractivity contribution in [2.75, 3.05) is 4.90 Å². The van der Waals surface area contributed by atoms with Crippen LogP contribution < -0.4 is 4.90 Å². The third-order valence-electron chi connectivity index (χ3n) is 12.7. The van der Waals surface area contributed by atoms with Gasteiger partial charge in [-0.3, -0.25) is 0 Å². The first-order valence-corrected chi connectivity index (χ1v) is 22.7. The summed E-state index contributed by atoms with van der Waals surface area (Å²) in [6.07, 6.45) is 0. The van der Waals surface area contributed by atoms with E-state index in [1.54, 1.807) is 0 Å². The highest BCUT2D eigenvalue weighted by molar-refractivity contribution is 7.26. The van der Waals surface area contributed by atoms with Gasteiger partial charge in [-0.1, -0.05) is 218 Å².